The van der Waals surface area contributed by atoms with Crippen LogP contribution in [0.1, 0.15) is 36.3 Å². The average molecular weight is 388 g/mol. The first-order chi connectivity index (χ1) is 14.2. The number of rotatable bonds is 2. The second-order valence-electron chi connectivity index (χ2n) is 8.76. The molecule has 5 heterocycles. The molecule has 3 fully saturated rings. The van der Waals surface area contributed by atoms with Gasteiger partial charge in [0.2, 0.25) is 11.8 Å². The molecule has 0 saturated carbocycles. The Labute approximate surface area is 169 Å². The molecule has 1 N–H and O–H groups in total. The van der Waals surface area contributed by atoms with Crippen LogP contribution in [0.3, 0.4) is 0 Å². The Morgan fingerprint density at radius 1 is 1.14 bits per heavy atom. The summed E-state index contributed by atoms with van der Waals surface area (Å²) in [6, 6.07) is 12.3. The maximum atomic E-state index is 13.7. The summed E-state index contributed by atoms with van der Waals surface area (Å²) in [5, 5.41) is 3.08. The molecular weight excluding hydrogens is 364 g/mol. The van der Waals surface area contributed by atoms with E-state index in [1.807, 2.05) is 41.3 Å². The third kappa shape index (κ3) is 2.23. The molecule has 1 aromatic heterocycles. The van der Waals surface area contributed by atoms with Crippen LogP contribution >= 0.6 is 0 Å². The SMILES string of the molecule is O=C([C@H]1C[C@H]2CCCN2[C@]12C(=O)Nc1ccccc12)N1CC(c2ccncc2)C1. The maximum Gasteiger partial charge on any atom is 0.250 e. The number of nitrogens with zero attached hydrogens (tertiary/aromatic N) is 3. The number of anilines is 1. The molecule has 1 spiro atoms. The van der Waals surface area contributed by atoms with E-state index < -0.39 is 5.54 Å². The summed E-state index contributed by atoms with van der Waals surface area (Å²) >= 11 is 0. The number of pyridine rings is 1. The van der Waals surface area contributed by atoms with Gasteiger partial charge in [-0.15, -0.1) is 0 Å². The fourth-order valence-electron chi connectivity index (χ4n) is 6.09. The van der Waals surface area contributed by atoms with Crippen LogP contribution in [-0.2, 0) is 15.1 Å². The number of hydrogen-bond donors (Lipinski definition) is 1. The van der Waals surface area contributed by atoms with Crippen molar-refractivity contribution in [1.82, 2.24) is 14.8 Å². The van der Waals surface area contributed by atoms with Crippen molar-refractivity contribution < 1.29 is 9.59 Å². The van der Waals surface area contributed by atoms with Gasteiger partial charge in [-0.1, -0.05) is 18.2 Å². The molecule has 4 aliphatic rings. The van der Waals surface area contributed by atoms with Gasteiger partial charge in [-0.05, 0) is 49.6 Å². The van der Waals surface area contributed by atoms with E-state index in [9.17, 15) is 9.59 Å². The lowest BCUT2D eigenvalue weighted by molar-refractivity contribution is -0.148. The van der Waals surface area contributed by atoms with Crippen molar-refractivity contribution in [2.24, 2.45) is 5.92 Å². The van der Waals surface area contributed by atoms with Crippen molar-refractivity contribution in [3.8, 4) is 0 Å². The molecule has 29 heavy (non-hydrogen) atoms. The number of para-hydroxylation sites is 1. The number of amides is 2. The monoisotopic (exact) mass is 388 g/mol. The second-order valence-corrected chi connectivity index (χ2v) is 8.76. The predicted molar refractivity (Wildman–Crippen MR) is 108 cm³/mol. The minimum Gasteiger partial charge on any atom is -0.341 e. The molecule has 6 rings (SSSR count). The van der Waals surface area contributed by atoms with Gasteiger partial charge in [0.05, 0.1) is 5.92 Å². The molecule has 6 heteroatoms. The van der Waals surface area contributed by atoms with E-state index in [4.69, 9.17) is 0 Å². The normalized spacial score (nSPS) is 30.9. The molecule has 4 aliphatic heterocycles. The minimum absolute atomic E-state index is 0.0207. The molecule has 148 valence electrons. The van der Waals surface area contributed by atoms with Crippen molar-refractivity contribution in [1.29, 1.82) is 0 Å². The lowest BCUT2D eigenvalue weighted by atomic mass is 9.77. The standard InChI is InChI=1S/C23H24N4O2/c28-21(26-13-16(14-26)15-7-9-24-10-8-15)19-12-17-4-3-11-27(17)23(19)18-5-1-2-6-20(18)25-22(23)29/h1-2,5-10,16-17,19H,3-4,11-14H2,(H,25,29)/t17-,19-,23+/m1/s1. The van der Waals surface area contributed by atoms with Gasteiger partial charge in [0, 0.05) is 48.7 Å². The number of fused-ring (bicyclic) bond motifs is 4. The van der Waals surface area contributed by atoms with Crippen LogP contribution in [0.4, 0.5) is 5.69 Å². The summed E-state index contributed by atoms with van der Waals surface area (Å²) in [7, 11) is 0. The number of likely N-dealkylation sites (tertiary alicyclic amines) is 1. The Morgan fingerprint density at radius 3 is 2.76 bits per heavy atom. The van der Waals surface area contributed by atoms with Gasteiger partial charge >= 0.3 is 0 Å². The Hall–Kier alpha value is -2.73. The smallest absolute Gasteiger partial charge is 0.250 e. The van der Waals surface area contributed by atoms with E-state index in [2.05, 4.69) is 15.2 Å². The Morgan fingerprint density at radius 2 is 1.93 bits per heavy atom. The van der Waals surface area contributed by atoms with E-state index in [1.54, 1.807) is 12.4 Å². The molecule has 0 aliphatic carbocycles. The lowest BCUT2D eigenvalue weighted by Crippen LogP contribution is -2.58. The molecule has 2 aromatic rings. The Balaban J connectivity index is 1.33. The highest BCUT2D eigenvalue weighted by molar-refractivity contribution is 6.09. The first-order valence-electron chi connectivity index (χ1n) is 10.6. The zero-order chi connectivity index (χ0) is 19.6. The zero-order valence-corrected chi connectivity index (χ0v) is 16.3. The first kappa shape index (κ1) is 17.2. The molecule has 0 unspecified atom stereocenters. The van der Waals surface area contributed by atoms with Crippen molar-refractivity contribution >= 4 is 17.5 Å². The fraction of sp³-hybridized carbons (Fsp3) is 0.435. The number of benzene rings is 1. The van der Waals surface area contributed by atoms with Gasteiger partial charge in [0.1, 0.15) is 5.54 Å². The molecule has 6 nitrogen and oxygen atoms in total. The maximum absolute atomic E-state index is 13.7. The summed E-state index contributed by atoms with van der Waals surface area (Å²) in [6.45, 7) is 2.34. The van der Waals surface area contributed by atoms with E-state index in [0.29, 0.717) is 12.0 Å². The largest absolute Gasteiger partial charge is 0.341 e. The van der Waals surface area contributed by atoms with Crippen LogP contribution in [0.25, 0.3) is 0 Å². The van der Waals surface area contributed by atoms with Gasteiger partial charge in [0.15, 0.2) is 0 Å². The average Bonchev–Trinajstić information content (AvgIpc) is 3.36. The summed E-state index contributed by atoms with van der Waals surface area (Å²) in [4.78, 5) is 35.4. The van der Waals surface area contributed by atoms with Crippen LogP contribution in [0.5, 0.6) is 0 Å². The van der Waals surface area contributed by atoms with E-state index in [0.717, 1.165) is 50.1 Å². The minimum atomic E-state index is -0.837. The van der Waals surface area contributed by atoms with Gasteiger partial charge in [-0.2, -0.15) is 0 Å². The van der Waals surface area contributed by atoms with Crippen LogP contribution in [0, 0.1) is 5.92 Å². The lowest BCUT2D eigenvalue weighted by Gasteiger charge is -2.44. The molecule has 2 amide bonds. The molecule has 0 bridgehead atoms. The number of aromatic nitrogens is 1. The summed E-state index contributed by atoms with van der Waals surface area (Å²) in [5.41, 5.74) is 2.24. The second kappa shape index (κ2) is 6.13. The molecular formula is C23H24N4O2. The van der Waals surface area contributed by atoms with E-state index >= 15 is 0 Å². The predicted octanol–water partition coefficient (Wildman–Crippen LogP) is 2.34. The molecule has 1 aromatic carbocycles. The van der Waals surface area contributed by atoms with E-state index in [-0.39, 0.29) is 17.7 Å². The quantitative estimate of drug-likeness (QED) is 0.858. The van der Waals surface area contributed by atoms with Crippen LogP contribution in [0.15, 0.2) is 48.8 Å². The Kier molecular flexibility index (Phi) is 3.63. The summed E-state index contributed by atoms with van der Waals surface area (Å²) < 4.78 is 0. The van der Waals surface area contributed by atoms with Gasteiger partial charge in [0.25, 0.3) is 0 Å². The summed E-state index contributed by atoms with van der Waals surface area (Å²) in [5.74, 6) is 0.169. The highest BCUT2D eigenvalue weighted by Gasteiger charge is 2.66. The van der Waals surface area contributed by atoms with Gasteiger partial charge in [-0.25, -0.2) is 0 Å². The molecule has 0 radical (unpaired) electrons. The molecule has 3 saturated heterocycles. The zero-order valence-electron chi connectivity index (χ0n) is 16.3. The van der Waals surface area contributed by atoms with Gasteiger partial charge < -0.3 is 10.2 Å². The highest BCUT2D eigenvalue weighted by Crippen LogP contribution is 2.56. The number of carbonyl (C=O) groups is 2. The van der Waals surface area contributed by atoms with Crippen molar-refractivity contribution in [3.05, 3.63) is 59.9 Å². The highest BCUT2D eigenvalue weighted by atomic mass is 16.2. The van der Waals surface area contributed by atoms with Crippen molar-refractivity contribution in [3.63, 3.8) is 0 Å². The topological polar surface area (TPSA) is 65.5 Å². The number of carbonyl (C=O) groups excluding carboxylic acids is 2. The number of hydrogen-bond acceptors (Lipinski definition) is 4. The van der Waals surface area contributed by atoms with Crippen LogP contribution < -0.4 is 5.32 Å². The third-order valence-electron chi connectivity index (χ3n) is 7.44. The summed E-state index contributed by atoms with van der Waals surface area (Å²) in [6.07, 6.45) is 6.55. The van der Waals surface area contributed by atoms with Crippen molar-refractivity contribution in [2.45, 2.75) is 36.8 Å². The van der Waals surface area contributed by atoms with Gasteiger partial charge in [-0.3, -0.25) is 19.5 Å². The van der Waals surface area contributed by atoms with Crippen LogP contribution in [-0.4, -0.2) is 52.3 Å². The molecule has 3 atom stereocenters. The fourth-order valence-corrected chi connectivity index (χ4v) is 6.09. The number of nitrogens with one attached hydrogen (secondary N) is 1. The van der Waals surface area contributed by atoms with Crippen LogP contribution in [0.2, 0.25) is 0 Å². The van der Waals surface area contributed by atoms with Crippen molar-refractivity contribution in [2.75, 3.05) is 25.0 Å². The third-order valence-corrected chi connectivity index (χ3v) is 7.44. The van der Waals surface area contributed by atoms with E-state index in [1.165, 1.54) is 5.56 Å². The Bertz CT molecular complexity index is 987. The first-order valence-corrected chi connectivity index (χ1v) is 10.6.